The third-order valence-corrected chi connectivity index (χ3v) is 6.01. The number of hydrogen-bond acceptors (Lipinski definition) is 3. The minimum Gasteiger partial charge on any atom is -0.465 e. The van der Waals surface area contributed by atoms with Crippen molar-refractivity contribution in [2.75, 3.05) is 7.11 Å². The Kier molecular flexibility index (Phi) is 4.36. The second-order valence-corrected chi connectivity index (χ2v) is 7.53. The lowest BCUT2D eigenvalue weighted by Crippen LogP contribution is -2.19. The summed E-state index contributed by atoms with van der Waals surface area (Å²) in [4.78, 5) is 28.3. The van der Waals surface area contributed by atoms with Crippen LogP contribution < -0.4 is 0 Å². The van der Waals surface area contributed by atoms with E-state index >= 15 is 0 Å². The Morgan fingerprint density at radius 3 is 2.76 bits per heavy atom. The number of ether oxygens (including phenoxy) is 1. The van der Waals surface area contributed by atoms with Gasteiger partial charge in [0.25, 0.3) is 0 Å². The number of nitrogens with one attached hydrogen (secondary N) is 1. The molecular formula is C21H25NO3. The van der Waals surface area contributed by atoms with E-state index in [1.807, 2.05) is 12.1 Å². The highest BCUT2D eigenvalue weighted by atomic mass is 16.5. The molecule has 2 aromatic rings. The molecule has 1 aromatic heterocycles. The second kappa shape index (κ2) is 6.66. The molecule has 0 saturated heterocycles. The first-order chi connectivity index (χ1) is 12.2. The van der Waals surface area contributed by atoms with E-state index in [1.165, 1.54) is 39.2 Å². The van der Waals surface area contributed by atoms with Crippen molar-refractivity contribution in [3.63, 3.8) is 0 Å². The van der Waals surface area contributed by atoms with Crippen LogP contribution in [0.1, 0.15) is 83.7 Å². The number of carbonyl (C=O) groups is 2. The molecule has 2 aliphatic rings. The van der Waals surface area contributed by atoms with Crippen LogP contribution in [0.4, 0.5) is 0 Å². The summed E-state index contributed by atoms with van der Waals surface area (Å²) in [7, 11) is 1.38. The van der Waals surface area contributed by atoms with E-state index < -0.39 is 0 Å². The van der Waals surface area contributed by atoms with Gasteiger partial charge in [-0.25, -0.2) is 4.79 Å². The summed E-state index contributed by atoms with van der Waals surface area (Å²) in [6, 6.07) is 5.54. The second-order valence-electron chi connectivity index (χ2n) is 7.53. The first-order valence-corrected chi connectivity index (χ1v) is 9.45. The Morgan fingerprint density at radius 1 is 1.20 bits per heavy atom. The largest absolute Gasteiger partial charge is 0.465 e. The zero-order valence-corrected chi connectivity index (χ0v) is 14.8. The zero-order valence-electron chi connectivity index (χ0n) is 14.8. The molecule has 0 aliphatic heterocycles. The van der Waals surface area contributed by atoms with Crippen molar-refractivity contribution in [3.05, 3.63) is 35.0 Å². The molecule has 1 saturated carbocycles. The number of aromatic amines is 1. The number of Topliss-reactive ketones (excluding diaryl/α,β-unsaturated/α-hetero) is 1. The summed E-state index contributed by atoms with van der Waals surface area (Å²) < 4.78 is 4.92. The molecule has 25 heavy (non-hydrogen) atoms. The first kappa shape index (κ1) is 16.4. The van der Waals surface area contributed by atoms with E-state index in [0.29, 0.717) is 17.9 Å². The summed E-state index contributed by atoms with van der Waals surface area (Å²) in [5.41, 5.74) is 3.15. The van der Waals surface area contributed by atoms with Crippen molar-refractivity contribution in [1.82, 2.24) is 4.98 Å². The summed E-state index contributed by atoms with van der Waals surface area (Å²) in [5.74, 6) is 0.937. The van der Waals surface area contributed by atoms with Crippen LogP contribution >= 0.6 is 0 Å². The van der Waals surface area contributed by atoms with Crippen LogP contribution in [-0.2, 0) is 4.74 Å². The quantitative estimate of drug-likeness (QED) is 0.802. The van der Waals surface area contributed by atoms with Gasteiger partial charge in [-0.3, -0.25) is 4.79 Å². The summed E-state index contributed by atoms with van der Waals surface area (Å²) in [5, 5.41) is 0.752. The maximum absolute atomic E-state index is 12.7. The average molecular weight is 339 g/mol. The molecule has 4 heteroatoms. The van der Waals surface area contributed by atoms with Crippen LogP contribution in [0, 0.1) is 5.92 Å². The SMILES string of the molecule is COC(=O)c1cccc2[nH]c3c(c12)C(=O)CCC3CC1CCCCC1. The van der Waals surface area contributed by atoms with Gasteiger partial charge in [0.15, 0.2) is 5.78 Å². The number of H-pyrrole nitrogens is 1. The lowest BCUT2D eigenvalue weighted by Gasteiger charge is -2.28. The summed E-state index contributed by atoms with van der Waals surface area (Å²) in [6.07, 6.45) is 9.31. The van der Waals surface area contributed by atoms with Crippen molar-refractivity contribution in [2.24, 2.45) is 5.92 Å². The molecule has 0 amide bonds. The monoisotopic (exact) mass is 339 g/mol. The smallest absolute Gasteiger partial charge is 0.338 e. The number of rotatable bonds is 3. The minimum atomic E-state index is -0.380. The van der Waals surface area contributed by atoms with Gasteiger partial charge in [0.2, 0.25) is 0 Å². The number of carbonyl (C=O) groups excluding carboxylic acids is 2. The molecular weight excluding hydrogens is 314 g/mol. The normalized spacial score (nSPS) is 21.3. The zero-order chi connectivity index (χ0) is 17.4. The Labute approximate surface area is 147 Å². The molecule has 132 valence electrons. The van der Waals surface area contributed by atoms with Gasteiger partial charge < -0.3 is 9.72 Å². The minimum absolute atomic E-state index is 0.150. The van der Waals surface area contributed by atoms with E-state index in [9.17, 15) is 9.59 Å². The van der Waals surface area contributed by atoms with Crippen molar-refractivity contribution in [3.8, 4) is 0 Å². The first-order valence-electron chi connectivity index (χ1n) is 9.45. The van der Waals surface area contributed by atoms with Gasteiger partial charge in [0.1, 0.15) is 0 Å². The number of esters is 1. The number of aromatic nitrogens is 1. The summed E-state index contributed by atoms with van der Waals surface area (Å²) in [6.45, 7) is 0. The highest BCUT2D eigenvalue weighted by Crippen LogP contribution is 2.42. The molecule has 1 aromatic carbocycles. The average Bonchev–Trinajstić information content (AvgIpc) is 3.05. The summed E-state index contributed by atoms with van der Waals surface area (Å²) >= 11 is 0. The highest BCUT2D eigenvalue weighted by Gasteiger charge is 2.33. The van der Waals surface area contributed by atoms with Crippen LogP contribution in [-0.4, -0.2) is 23.8 Å². The van der Waals surface area contributed by atoms with Gasteiger partial charge >= 0.3 is 5.97 Å². The molecule has 1 atom stereocenters. The lowest BCUT2D eigenvalue weighted by molar-refractivity contribution is 0.0603. The molecule has 1 heterocycles. The van der Waals surface area contributed by atoms with E-state index in [1.54, 1.807) is 6.07 Å². The highest BCUT2D eigenvalue weighted by molar-refractivity contribution is 6.16. The molecule has 4 rings (SSSR count). The van der Waals surface area contributed by atoms with E-state index in [-0.39, 0.29) is 11.8 Å². The number of hydrogen-bond donors (Lipinski definition) is 1. The van der Waals surface area contributed by atoms with E-state index in [2.05, 4.69) is 4.98 Å². The van der Waals surface area contributed by atoms with Crippen LogP contribution in [0.25, 0.3) is 10.9 Å². The Hall–Kier alpha value is -2.10. The third-order valence-electron chi connectivity index (χ3n) is 6.01. The fourth-order valence-corrected chi connectivity index (χ4v) is 4.78. The molecule has 0 radical (unpaired) electrons. The van der Waals surface area contributed by atoms with Gasteiger partial charge in [0.05, 0.1) is 12.7 Å². The van der Waals surface area contributed by atoms with Crippen molar-refractivity contribution in [1.29, 1.82) is 0 Å². The molecule has 1 unspecified atom stereocenters. The number of methoxy groups -OCH3 is 1. The van der Waals surface area contributed by atoms with Crippen molar-refractivity contribution in [2.45, 2.75) is 57.3 Å². The Morgan fingerprint density at radius 2 is 2.00 bits per heavy atom. The Bertz CT molecular complexity index is 814. The lowest BCUT2D eigenvalue weighted by atomic mass is 9.76. The van der Waals surface area contributed by atoms with Crippen LogP contribution in [0.5, 0.6) is 0 Å². The van der Waals surface area contributed by atoms with Crippen molar-refractivity contribution >= 4 is 22.7 Å². The van der Waals surface area contributed by atoms with Crippen LogP contribution in [0.2, 0.25) is 0 Å². The Balaban J connectivity index is 1.77. The maximum Gasteiger partial charge on any atom is 0.338 e. The number of fused-ring (bicyclic) bond motifs is 3. The molecule has 0 bridgehead atoms. The predicted molar refractivity (Wildman–Crippen MR) is 97.1 cm³/mol. The molecule has 0 spiro atoms. The van der Waals surface area contributed by atoms with Gasteiger partial charge in [-0.15, -0.1) is 0 Å². The van der Waals surface area contributed by atoms with Gasteiger partial charge in [-0.1, -0.05) is 38.2 Å². The number of ketones is 1. The van der Waals surface area contributed by atoms with E-state index in [0.717, 1.165) is 40.9 Å². The molecule has 2 aliphatic carbocycles. The van der Waals surface area contributed by atoms with Crippen LogP contribution in [0.15, 0.2) is 18.2 Å². The standard InChI is InChI=1S/C21H25NO3/c1-25-21(24)15-8-5-9-16-18(15)19-17(23)11-10-14(20(19)22-16)12-13-6-3-2-4-7-13/h5,8-9,13-14,22H,2-4,6-7,10-12H2,1H3. The van der Waals surface area contributed by atoms with Gasteiger partial charge in [-0.2, -0.15) is 0 Å². The third kappa shape index (κ3) is 2.88. The predicted octanol–water partition coefficient (Wildman–Crippen LogP) is 4.99. The number of benzene rings is 1. The van der Waals surface area contributed by atoms with Gasteiger partial charge in [0, 0.05) is 34.5 Å². The van der Waals surface area contributed by atoms with Gasteiger partial charge in [-0.05, 0) is 30.9 Å². The molecule has 1 fully saturated rings. The fourth-order valence-electron chi connectivity index (χ4n) is 4.78. The van der Waals surface area contributed by atoms with Crippen LogP contribution in [0.3, 0.4) is 0 Å². The van der Waals surface area contributed by atoms with Crippen molar-refractivity contribution < 1.29 is 14.3 Å². The molecule has 1 N–H and O–H groups in total. The molecule has 4 nitrogen and oxygen atoms in total. The van der Waals surface area contributed by atoms with E-state index in [4.69, 9.17) is 4.74 Å². The topological polar surface area (TPSA) is 59.2 Å². The fraction of sp³-hybridized carbons (Fsp3) is 0.524. The maximum atomic E-state index is 12.7.